The van der Waals surface area contributed by atoms with Crippen molar-refractivity contribution in [2.75, 3.05) is 5.32 Å². The van der Waals surface area contributed by atoms with E-state index in [4.69, 9.17) is 5.73 Å². The third-order valence-corrected chi connectivity index (χ3v) is 3.00. The van der Waals surface area contributed by atoms with Crippen molar-refractivity contribution in [2.24, 2.45) is 11.7 Å². The minimum absolute atomic E-state index is 0. The van der Waals surface area contributed by atoms with Crippen LogP contribution >= 0.6 is 28.3 Å². The number of halogens is 3. The third kappa shape index (κ3) is 4.61. The Labute approximate surface area is 114 Å². The molecule has 1 amide bonds. The lowest BCUT2D eigenvalue weighted by Crippen LogP contribution is -2.34. The van der Waals surface area contributed by atoms with E-state index >= 15 is 0 Å². The quantitative estimate of drug-likeness (QED) is 0.898. The summed E-state index contributed by atoms with van der Waals surface area (Å²) < 4.78 is 13.3. The molecule has 0 saturated carbocycles. The van der Waals surface area contributed by atoms with E-state index in [1.165, 1.54) is 18.2 Å². The summed E-state index contributed by atoms with van der Waals surface area (Å²) in [6.07, 6.45) is 0. The van der Waals surface area contributed by atoms with Gasteiger partial charge >= 0.3 is 0 Å². The van der Waals surface area contributed by atoms with Gasteiger partial charge in [0.2, 0.25) is 5.91 Å². The monoisotopic (exact) mass is 324 g/mol. The van der Waals surface area contributed by atoms with Gasteiger partial charge < -0.3 is 11.1 Å². The second kappa shape index (κ2) is 6.93. The van der Waals surface area contributed by atoms with Crippen LogP contribution < -0.4 is 11.1 Å². The van der Waals surface area contributed by atoms with Gasteiger partial charge in [0, 0.05) is 11.7 Å². The molecule has 6 heteroatoms. The van der Waals surface area contributed by atoms with Crippen LogP contribution in [0.25, 0.3) is 0 Å². The summed E-state index contributed by atoms with van der Waals surface area (Å²) in [5.74, 6) is -0.824. The molecule has 0 aromatic heterocycles. The first-order valence-corrected chi connectivity index (χ1v) is 5.72. The lowest BCUT2D eigenvalue weighted by molar-refractivity contribution is -0.119. The predicted molar refractivity (Wildman–Crippen MR) is 72.8 cm³/mol. The zero-order valence-electron chi connectivity index (χ0n) is 9.54. The Morgan fingerprint density at radius 3 is 2.53 bits per heavy atom. The Morgan fingerprint density at radius 2 is 2.06 bits per heavy atom. The molecular formula is C11H15BrClFN2O. The van der Waals surface area contributed by atoms with Crippen LogP contribution in [0.2, 0.25) is 0 Å². The van der Waals surface area contributed by atoms with Crippen LogP contribution in [0.3, 0.4) is 0 Å². The van der Waals surface area contributed by atoms with Gasteiger partial charge in [-0.1, -0.05) is 6.92 Å². The number of rotatable bonds is 3. The maximum atomic E-state index is 12.9. The highest BCUT2D eigenvalue weighted by Crippen LogP contribution is 2.20. The molecule has 0 spiro atoms. The van der Waals surface area contributed by atoms with Crippen molar-refractivity contribution in [3.05, 3.63) is 28.5 Å². The molecule has 0 heterocycles. The molecule has 0 bridgehead atoms. The van der Waals surface area contributed by atoms with E-state index in [9.17, 15) is 9.18 Å². The molecule has 2 unspecified atom stereocenters. The second-order valence-electron chi connectivity index (χ2n) is 3.77. The molecule has 3 nitrogen and oxygen atoms in total. The van der Waals surface area contributed by atoms with E-state index < -0.39 is 0 Å². The molecule has 0 fully saturated rings. The van der Waals surface area contributed by atoms with Gasteiger partial charge in [0.15, 0.2) is 0 Å². The van der Waals surface area contributed by atoms with Crippen molar-refractivity contribution in [3.8, 4) is 0 Å². The van der Waals surface area contributed by atoms with Crippen LogP contribution in [0.4, 0.5) is 10.1 Å². The number of anilines is 1. The lowest BCUT2D eigenvalue weighted by atomic mass is 10.0. The highest BCUT2D eigenvalue weighted by molar-refractivity contribution is 9.10. The summed E-state index contributed by atoms with van der Waals surface area (Å²) in [5.41, 5.74) is 6.16. The van der Waals surface area contributed by atoms with E-state index in [2.05, 4.69) is 21.2 Å². The van der Waals surface area contributed by atoms with Gasteiger partial charge in [0.25, 0.3) is 0 Å². The van der Waals surface area contributed by atoms with E-state index in [0.717, 1.165) is 0 Å². The molecule has 0 aliphatic heterocycles. The van der Waals surface area contributed by atoms with Crippen LogP contribution in [0.15, 0.2) is 22.7 Å². The first-order valence-electron chi connectivity index (χ1n) is 4.93. The van der Waals surface area contributed by atoms with Crippen molar-refractivity contribution in [3.63, 3.8) is 0 Å². The van der Waals surface area contributed by atoms with Gasteiger partial charge in [0.05, 0.1) is 10.4 Å². The molecule has 1 rings (SSSR count). The largest absolute Gasteiger partial charge is 0.327 e. The highest BCUT2D eigenvalue weighted by atomic mass is 79.9. The summed E-state index contributed by atoms with van der Waals surface area (Å²) in [7, 11) is 0. The zero-order valence-corrected chi connectivity index (χ0v) is 11.9. The van der Waals surface area contributed by atoms with E-state index in [-0.39, 0.29) is 36.1 Å². The Hall–Kier alpha value is -0.650. The summed E-state index contributed by atoms with van der Waals surface area (Å²) in [5, 5.41) is 2.68. The number of carbonyl (C=O) groups is 1. The zero-order chi connectivity index (χ0) is 12.3. The predicted octanol–water partition coefficient (Wildman–Crippen LogP) is 2.93. The van der Waals surface area contributed by atoms with Gasteiger partial charge in [-0.25, -0.2) is 4.39 Å². The molecule has 0 aliphatic carbocycles. The van der Waals surface area contributed by atoms with Crippen molar-refractivity contribution < 1.29 is 9.18 Å². The summed E-state index contributed by atoms with van der Waals surface area (Å²) in [4.78, 5) is 11.6. The molecule has 0 radical (unpaired) electrons. The number of hydrogen-bond acceptors (Lipinski definition) is 2. The fourth-order valence-electron chi connectivity index (χ4n) is 1.07. The van der Waals surface area contributed by atoms with E-state index in [1.54, 1.807) is 13.8 Å². The summed E-state index contributed by atoms with van der Waals surface area (Å²) in [6.45, 7) is 3.52. The summed E-state index contributed by atoms with van der Waals surface area (Å²) in [6, 6.07) is 4.09. The Morgan fingerprint density at radius 1 is 1.47 bits per heavy atom. The van der Waals surface area contributed by atoms with E-state index in [0.29, 0.717) is 10.2 Å². The fraction of sp³-hybridized carbons (Fsp3) is 0.364. The molecule has 0 aliphatic rings. The van der Waals surface area contributed by atoms with Crippen LogP contribution in [0, 0.1) is 11.7 Å². The topological polar surface area (TPSA) is 55.1 Å². The second-order valence-corrected chi connectivity index (χ2v) is 4.62. The number of nitrogens with two attached hydrogens (primary N) is 1. The van der Waals surface area contributed by atoms with Crippen molar-refractivity contribution in [1.29, 1.82) is 0 Å². The van der Waals surface area contributed by atoms with Gasteiger partial charge in [-0.15, -0.1) is 12.4 Å². The van der Waals surface area contributed by atoms with Gasteiger partial charge in [-0.3, -0.25) is 4.79 Å². The number of hydrogen-bond donors (Lipinski definition) is 2. The van der Waals surface area contributed by atoms with Crippen molar-refractivity contribution >= 4 is 39.9 Å². The average molecular weight is 326 g/mol. The average Bonchev–Trinajstić information content (AvgIpc) is 2.22. The Balaban J connectivity index is 0.00000256. The van der Waals surface area contributed by atoms with Crippen LogP contribution in [0.5, 0.6) is 0 Å². The number of nitrogens with one attached hydrogen (secondary N) is 1. The molecule has 3 N–H and O–H groups in total. The maximum Gasteiger partial charge on any atom is 0.228 e. The third-order valence-electron chi connectivity index (χ3n) is 2.39. The van der Waals surface area contributed by atoms with Gasteiger partial charge in [-0.2, -0.15) is 0 Å². The minimum atomic E-state index is -0.363. The Kier molecular flexibility index (Phi) is 6.67. The SMILES string of the molecule is CC(N)C(C)C(=O)Nc1ccc(F)c(Br)c1.Cl. The summed E-state index contributed by atoms with van der Waals surface area (Å²) >= 11 is 3.05. The van der Waals surface area contributed by atoms with E-state index in [1.807, 2.05) is 0 Å². The maximum absolute atomic E-state index is 12.9. The molecule has 2 atom stereocenters. The number of amides is 1. The Bertz CT molecular complexity index is 401. The number of carbonyl (C=O) groups excluding carboxylic acids is 1. The first-order chi connectivity index (χ1) is 7.41. The molecular weight excluding hydrogens is 310 g/mol. The van der Waals surface area contributed by atoms with Crippen molar-refractivity contribution in [1.82, 2.24) is 0 Å². The minimum Gasteiger partial charge on any atom is -0.327 e. The van der Waals surface area contributed by atoms with Crippen LogP contribution in [0.1, 0.15) is 13.8 Å². The molecule has 96 valence electrons. The van der Waals surface area contributed by atoms with Gasteiger partial charge in [0.1, 0.15) is 5.82 Å². The number of benzene rings is 1. The van der Waals surface area contributed by atoms with Crippen molar-refractivity contribution in [2.45, 2.75) is 19.9 Å². The lowest BCUT2D eigenvalue weighted by Gasteiger charge is -2.15. The fourth-order valence-corrected chi connectivity index (χ4v) is 1.45. The molecule has 17 heavy (non-hydrogen) atoms. The standard InChI is InChI=1S/C11H14BrFN2O.ClH/c1-6(7(2)14)11(16)15-8-3-4-10(13)9(12)5-8;/h3-7H,14H2,1-2H3,(H,15,16);1H. The molecule has 1 aromatic carbocycles. The van der Waals surface area contributed by atoms with Gasteiger partial charge in [-0.05, 0) is 41.1 Å². The normalized spacial score (nSPS) is 13.5. The smallest absolute Gasteiger partial charge is 0.228 e. The molecule has 0 saturated heterocycles. The first kappa shape index (κ1) is 16.4. The molecule has 1 aromatic rings. The highest BCUT2D eigenvalue weighted by Gasteiger charge is 2.17. The van der Waals surface area contributed by atoms with Crippen LogP contribution in [-0.2, 0) is 4.79 Å². The van der Waals surface area contributed by atoms with Crippen LogP contribution in [-0.4, -0.2) is 11.9 Å².